The van der Waals surface area contributed by atoms with Crippen LogP contribution in [0.15, 0.2) is 60.7 Å². The Morgan fingerprint density at radius 3 is 2.39 bits per heavy atom. The summed E-state index contributed by atoms with van der Waals surface area (Å²) < 4.78 is 26.6. The van der Waals surface area contributed by atoms with E-state index in [9.17, 15) is 14.9 Å². The van der Waals surface area contributed by atoms with Gasteiger partial charge in [0.25, 0.3) is 5.91 Å². The molecule has 3 heterocycles. The van der Waals surface area contributed by atoms with Crippen molar-refractivity contribution in [3.05, 3.63) is 94.3 Å². The van der Waals surface area contributed by atoms with Gasteiger partial charge in [-0.25, -0.2) is 4.39 Å². The van der Waals surface area contributed by atoms with Gasteiger partial charge in [-0.05, 0) is 80.1 Å². The highest BCUT2D eigenvalue weighted by atomic mass is 19.1. The average molecular weight is 597 g/mol. The Hall–Kier alpha value is -4.26. The number of ether oxygens (including phenoxy) is 2. The molecule has 228 valence electrons. The van der Waals surface area contributed by atoms with Crippen LogP contribution in [0.4, 0.5) is 15.8 Å². The van der Waals surface area contributed by atoms with E-state index >= 15 is 4.39 Å². The molecule has 6 rings (SSSR count). The Bertz CT molecular complexity index is 1580. The normalized spacial score (nSPS) is 23.5. The van der Waals surface area contributed by atoms with Crippen LogP contribution in [0.3, 0.4) is 0 Å². The molecular weight excluding hydrogens is 559 g/mol. The van der Waals surface area contributed by atoms with Crippen molar-refractivity contribution < 1.29 is 23.5 Å². The maximum Gasteiger partial charge on any atom is 0.257 e. The first-order chi connectivity index (χ1) is 21.3. The number of benzene rings is 3. The molecule has 9 heteroatoms. The molecule has 2 N–H and O–H groups in total. The molecule has 3 aromatic rings. The predicted molar refractivity (Wildman–Crippen MR) is 164 cm³/mol. The van der Waals surface area contributed by atoms with Gasteiger partial charge in [0.1, 0.15) is 5.82 Å². The van der Waals surface area contributed by atoms with Gasteiger partial charge in [-0.15, -0.1) is 0 Å². The smallest absolute Gasteiger partial charge is 0.257 e. The van der Waals surface area contributed by atoms with E-state index in [1.165, 1.54) is 6.07 Å². The summed E-state index contributed by atoms with van der Waals surface area (Å²) in [5, 5.41) is 9.72. The summed E-state index contributed by atoms with van der Waals surface area (Å²) in [4.78, 5) is 31.1. The summed E-state index contributed by atoms with van der Waals surface area (Å²) in [6.07, 6.45) is 2.15. The Morgan fingerprint density at radius 1 is 0.977 bits per heavy atom. The fourth-order valence-electron chi connectivity index (χ4n) is 7.17. The molecule has 0 spiro atoms. The largest absolute Gasteiger partial charge is 0.381 e. The van der Waals surface area contributed by atoms with Crippen LogP contribution in [0.1, 0.15) is 57.9 Å². The molecular formula is C35H37FN4O4. The van der Waals surface area contributed by atoms with Gasteiger partial charge in [0.15, 0.2) is 0 Å². The number of piperidine rings is 1. The second-order valence-electron chi connectivity index (χ2n) is 12.1. The zero-order valence-corrected chi connectivity index (χ0v) is 25.0. The lowest BCUT2D eigenvalue weighted by molar-refractivity contribution is -0.126. The summed E-state index contributed by atoms with van der Waals surface area (Å²) in [6.45, 7) is 5.67. The second-order valence-corrected chi connectivity index (χ2v) is 12.1. The van der Waals surface area contributed by atoms with Crippen molar-refractivity contribution in [3.8, 4) is 6.07 Å². The van der Waals surface area contributed by atoms with Crippen molar-refractivity contribution in [2.75, 3.05) is 31.3 Å². The predicted octanol–water partition coefficient (Wildman–Crippen LogP) is 5.34. The maximum absolute atomic E-state index is 15.1. The SMILES string of the molecule is Cc1ccc(N(c2ccc(C3C(C(N)=O)CC4COCC4N3C(=O)c3c(C)cccc3F)cc2)C2CCOCC2)cc1C#N. The fourth-order valence-corrected chi connectivity index (χ4v) is 7.17. The highest BCUT2D eigenvalue weighted by Crippen LogP contribution is 2.45. The van der Waals surface area contributed by atoms with Gasteiger partial charge in [-0.2, -0.15) is 5.26 Å². The third-order valence-electron chi connectivity index (χ3n) is 9.48. The van der Waals surface area contributed by atoms with Crippen LogP contribution in [0.5, 0.6) is 0 Å². The van der Waals surface area contributed by atoms with Gasteiger partial charge in [0, 0.05) is 36.5 Å². The van der Waals surface area contributed by atoms with Crippen molar-refractivity contribution in [1.29, 1.82) is 5.26 Å². The lowest BCUT2D eigenvalue weighted by Crippen LogP contribution is -2.55. The topological polar surface area (TPSA) is 109 Å². The number of nitrogens with two attached hydrogens (primary N) is 1. The lowest BCUT2D eigenvalue weighted by atomic mass is 9.76. The average Bonchev–Trinajstić information content (AvgIpc) is 3.50. The summed E-state index contributed by atoms with van der Waals surface area (Å²) in [7, 11) is 0. The number of rotatable bonds is 6. The van der Waals surface area contributed by atoms with E-state index in [0.29, 0.717) is 44.0 Å². The molecule has 0 aliphatic carbocycles. The van der Waals surface area contributed by atoms with E-state index in [4.69, 9.17) is 15.2 Å². The minimum Gasteiger partial charge on any atom is -0.381 e. The van der Waals surface area contributed by atoms with Gasteiger partial charge in [-0.1, -0.05) is 30.3 Å². The van der Waals surface area contributed by atoms with Crippen LogP contribution in [0.25, 0.3) is 0 Å². The van der Waals surface area contributed by atoms with E-state index < -0.39 is 29.6 Å². The fraction of sp³-hybridized carbons (Fsp3) is 0.400. The number of primary amides is 1. The number of carbonyl (C=O) groups excluding carboxylic acids is 2. The van der Waals surface area contributed by atoms with E-state index in [2.05, 4.69) is 11.0 Å². The number of carbonyl (C=O) groups is 2. The number of anilines is 2. The number of nitriles is 1. The van der Waals surface area contributed by atoms with Gasteiger partial charge in [0.2, 0.25) is 5.91 Å². The first-order valence-corrected chi connectivity index (χ1v) is 15.2. The molecule has 2 amide bonds. The Morgan fingerprint density at radius 2 is 1.70 bits per heavy atom. The molecule has 0 aromatic heterocycles. The van der Waals surface area contributed by atoms with Crippen LogP contribution >= 0.6 is 0 Å². The summed E-state index contributed by atoms with van der Waals surface area (Å²) >= 11 is 0. The van der Waals surface area contributed by atoms with Crippen molar-refractivity contribution in [2.45, 2.75) is 51.2 Å². The van der Waals surface area contributed by atoms with Gasteiger partial charge < -0.3 is 25.0 Å². The van der Waals surface area contributed by atoms with Gasteiger partial charge >= 0.3 is 0 Å². The number of halogens is 1. The second kappa shape index (κ2) is 12.4. The molecule has 0 bridgehead atoms. The van der Waals surface area contributed by atoms with Crippen molar-refractivity contribution in [2.24, 2.45) is 17.6 Å². The van der Waals surface area contributed by atoms with Crippen molar-refractivity contribution in [1.82, 2.24) is 4.90 Å². The Balaban J connectivity index is 1.42. The quantitative estimate of drug-likeness (QED) is 0.412. The number of hydrogen-bond acceptors (Lipinski definition) is 6. The van der Waals surface area contributed by atoms with E-state index in [-0.39, 0.29) is 23.6 Å². The first kappa shape index (κ1) is 29.8. The molecule has 3 fully saturated rings. The zero-order chi connectivity index (χ0) is 31.0. The van der Waals surface area contributed by atoms with Crippen LogP contribution in [0.2, 0.25) is 0 Å². The Labute approximate surface area is 257 Å². The molecule has 44 heavy (non-hydrogen) atoms. The third-order valence-corrected chi connectivity index (χ3v) is 9.48. The van der Waals surface area contributed by atoms with Crippen LogP contribution < -0.4 is 10.6 Å². The number of aryl methyl sites for hydroxylation is 2. The minimum atomic E-state index is -0.683. The number of fused-ring (bicyclic) bond motifs is 1. The molecule has 0 saturated carbocycles. The van der Waals surface area contributed by atoms with E-state index in [1.54, 1.807) is 24.0 Å². The summed E-state index contributed by atoms with van der Waals surface area (Å²) in [6, 6.07) is 19.8. The monoisotopic (exact) mass is 596 g/mol. The number of likely N-dealkylation sites (tertiary alicyclic amines) is 1. The molecule has 4 unspecified atom stereocenters. The van der Waals surface area contributed by atoms with Gasteiger partial charge in [0.05, 0.1) is 48.4 Å². The highest BCUT2D eigenvalue weighted by Gasteiger charge is 2.50. The standard InChI is InChI=1S/C35H37FN4O4/c1-21-6-9-28(16-24(21)18-37)39(27-12-14-43-15-13-27)26-10-7-23(8-11-26)33-29(34(38)41)17-25-19-44-20-31(25)40(33)35(42)32-22(2)4-3-5-30(32)36/h3-11,16,25,27,29,31,33H,12-15,17,19-20H2,1-2H3,(H2,38,41). The molecule has 8 nitrogen and oxygen atoms in total. The van der Waals surface area contributed by atoms with E-state index in [1.807, 2.05) is 49.4 Å². The van der Waals surface area contributed by atoms with Gasteiger partial charge in [-0.3, -0.25) is 9.59 Å². The number of hydrogen-bond donors (Lipinski definition) is 1. The van der Waals surface area contributed by atoms with Crippen LogP contribution in [-0.4, -0.2) is 55.2 Å². The molecule has 3 aromatic carbocycles. The number of nitrogens with zero attached hydrogens (tertiary/aromatic N) is 3. The first-order valence-electron chi connectivity index (χ1n) is 15.2. The third kappa shape index (κ3) is 5.44. The molecule has 4 atom stereocenters. The van der Waals surface area contributed by atoms with Crippen LogP contribution in [0, 0.1) is 42.8 Å². The van der Waals surface area contributed by atoms with Crippen LogP contribution in [-0.2, 0) is 14.3 Å². The minimum absolute atomic E-state index is 0.00301. The highest BCUT2D eigenvalue weighted by molar-refractivity contribution is 5.97. The maximum atomic E-state index is 15.1. The molecule has 3 aliphatic rings. The summed E-state index contributed by atoms with van der Waals surface area (Å²) in [5.74, 6) is -2.29. The van der Waals surface area contributed by atoms with E-state index in [0.717, 1.165) is 35.3 Å². The Kier molecular flexibility index (Phi) is 8.39. The zero-order valence-electron chi connectivity index (χ0n) is 25.0. The van der Waals surface area contributed by atoms with Crippen molar-refractivity contribution in [3.63, 3.8) is 0 Å². The lowest BCUT2D eigenvalue weighted by Gasteiger charge is -2.47. The molecule has 0 radical (unpaired) electrons. The molecule has 3 saturated heterocycles. The van der Waals surface area contributed by atoms with Crippen molar-refractivity contribution >= 4 is 23.2 Å². The molecule has 3 aliphatic heterocycles. The summed E-state index contributed by atoms with van der Waals surface area (Å²) in [5.41, 5.74) is 10.6. The number of amides is 2.